The van der Waals surface area contributed by atoms with Gasteiger partial charge in [0.05, 0.1) is 11.6 Å². The zero-order valence-corrected chi connectivity index (χ0v) is 17.5. The molecule has 30 heavy (non-hydrogen) atoms. The maximum atomic E-state index is 13.2. The summed E-state index contributed by atoms with van der Waals surface area (Å²) in [4.78, 5) is 33.3. The number of carbonyl (C=O) groups excluding carboxylic acids is 2. The first-order chi connectivity index (χ1) is 14.2. The molecule has 2 aliphatic heterocycles. The van der Waals surface area contributed by atoms with E-state index in [0.717, 1.165) is 6.42 Å². The minimum absolute atomic E-state index is 0.234. The highest BCUT2D eigenvalue weighted by Crippen LogP contribution is 2.28. The Morgan fingerprint density at radius 3 is 2.73 bits per heavy atom. The molecule has 2 fully saturated rings. The highest BCUT2D eigenvalue weighted by atomic mass is 16.6. The maximum Gasteiger partial charge on any atom is 0.411 e. The number of nitriles is 2. The van der Waals surface area contributed by atoms with E-state index in [0.29, 0.717) is 30.8 Å². The van der Waals surface area contributed by atoms with Crippen LogP contribution in [-0.2, 0) is 9.53 Å². The van der Waals surface area contributed by atoms with Gasteiger partial charge in [0.15, 0.2) is 0 Å². The summed E-state index contributed by atoms with van der Waals surface area (Å²) in [6.45, 7) is 6.05. The molecular formula is C21H26N6O3. The van der Waals surface area contributed by atoms with E-state index in [4.69, 9.17) is 4.74 Å². The van der Waals surface area contributed by atoms with Gasteiger partial charge in [-0.05, 0) is 52.2 Å². The molecule has 2 amide bonds. The van der Waals surface area contributed by atoms with Gasteiger partial charge in [0.25, 0.3) is 0 Å². The van der Waals surface area contributed by atoms with Crippen molar-refractivity contribution in [2.75, 3.05) is 18.4 Å². The molecule has 158 valence electrons. The summed E-state index contributed by atoms with van der Waals surface area (Å²) in [5.74, 6) is 0.175. The molecule has 1 aromatic rings. The van der Waals surface area contributed by atoms with Crippen LogP contribution in [0.5, 0.6) is 0 Å². The van der Waals surface area contributed by atoms with Crippen LogP contribution in [0.3, 0.4) is 0 Å². The summed E-state index contributed by atoms with van der Waals surface area (Å²) in [6.07, 6.45) is 2.76. The molecule has 3 rings (SSSR count). The molecule has 1 unspecified atom stereocenters. The van der Waals surface area contributed by atoms with Crippen LogP contribution in [0.15, 0.2) is 18.3 Å². The number of aromatic nitrogens is 1. The van der Waals surface area contributed by atoms with Gasteiger partial charge < -0.3 is 15.0 Å². The number of nitrogens with one attached hydrogen (secondary N) is 1. The predicted octanol–water partition coefficient (Wildman–Crippen LogP) is 2.26. The van der Waals surface area contributed by atoms with Crippen molar-refractivity contribution < 1.29 is 14.3 Å². The van der Waals surface area contributed by atoms with Gasteiger partial charge in [-0.25, -0.2) is 9.78 Å². The number of anilines is 1. The number of hydrogen-bond donors (Lipinski definition) is 1. The quantitative estimate of drug-likeness (QED) is 0.811. The van der Waals surface area contributed by atoms with Crippen LogP contribution in [0.4, 0.5) is 10.6 Å². The molecule has 0 aliphatic carbocycles. The van der Waals surface area contributed by atoms with Crippen LogP contribution in [0.25, 0.3) is 0 Å². The van der Waals surface area contributed by atoms with Gasteiger partial charge in [-0.3, -0.25) is 9.69 Å². The number of carbonyl (C=O) groups is 2. The van der Waals surface area contributed by atoms with E-state index < -0.39 is 23.8 Å². The monoisotopic (exact) mass is 410 g/mol. The van der Waals surface area contributed by atoms with Crippen molar-refractivity contribution in [1.82, 2.24) is 14.8 Å². The second-order valence-electron chi connectivity index (χ2n) is 8.56. The van der Waals surface area contributed by atoms with Gasteiger partial charge in [-0.2, -0.15) is 10.5 Å². The maximum absolute atomic E-state index is 13.2. The Bertz CT molecular complexity index is 897. The summed E-state index contributed by atoms with van der Waals surface area (Å²) in [7, 11) is 0. The van der Waals surface area contributed by atoms with Crippen LogP contribution in [0.1, 0.15) is 45.6 Å². The summed E-state index contributed by atoms with van der Waals surface area (Å²) in [5.41, 5.74) is -0.311. The first kappa shape index (κ1) is 21.4. The molecule has 1 aromatic heterocycles. The molecule has 0 bridgehead atoms. The zero-order chi connectivity index (χ0) is 21.9. The fourth-order valence-electron chi connectivity index (χ4n) is 3.86. The highest BCUT2D eigenvalue weighted by molar-refractivity contribution is 5.87. The fourth-order valence-corrected chi connectivity index (χ4v) is 3.86. The Morgan fingerprint density at radius 1 is 1.30 bits per heavy atom. The Hall–Kier alpha value is -3.33. The van der Waals surface area contributed by atoms with E-state index in [2.05, 4.69) is 22.4 Å². The Labute approximate surface area is 176 Å². The molecule has 1 N–H and O–H groups in total. The molecule has 9 nitrogen and oxygen atoms in total. The third-order valence-corrected chi connectivity index (χ3v) is 5.17. The molecule has 3 heterocycles. The molecule has 9 heteroatoms. The van der Waals surface area contributed by atoms with Crippen LogP contribution in [0.2, 0.25) is 0 Å². The van der Waals surface area contributed by atoms with Crippen molar-refractivity contribution in [2.24, 2.45) is 0 Å². The lowest BCUT2D eigenvalue weighted by molar-refractivity contribution is -0.135. The normalized spacial score (nSPS) is 23.6. The standard InChI is InChI=1S/C21H26N6O3/c1-21(2,3)30-20(29)27-13-15(25-18-14(11-22)6-4-8-24-18)10-17(27)19(28)26-9-5-7-16(26)12-23/h4,6,8,15-17H,5,7,9-10,13H2,1-3H3,(H,24,25)/t15-,16?,17-/m0/s1. The van der Waals surface area contributed by atoms with Crippen LogP contribution in [0, 0.1) is 22.7 Å². The topological polar surface area (TPSA) is 122 Å². The lowest BCUT2D eigenvalue weighted by Crippen LogP contribution is -2.50. The van der Waals surface area contributed by atoms with E-state index in [-0.39, 0.29) is 18.5 Å². The van der Waals surface area contributed by atoms with E-state index in [9.17, 15) is 20.1 Å². The molecule has 2 saturated heterocycles. The van der Waals surface area contributed by atoms with E-state index in [1.807, 2.05) is 0 Å². The smallest absolute Gasteiger partial charge is 0.411 e. The molecule has 2 aliphatic rings. The lowest BCUT2D eigenvalue weighted by Gasteiger charge is -2.30. The van der Waals surface area contributed by atoms with Gasteiger partial charge in [-0.15, -0.1) is 0 Å². The number of ether oxygens (including phenoxy) is 1. The third kappa shape index (κ3) is 4.62. The number of rotatable bonds is 3. The predicted molar refractivity (Wildman–Crippen MR) is 108 cm³/mol. The Kier molecular flexibility index (Phi) is 6.12. The average molecular weight is 410 g/mol. The second-order valence-corrected chi connectivity index (χ2v) is 8.56. The van der Waals surface area contributed by atoms with Gasteiger partial charge in [0.2, 0.25) is 5.91 Å². The van der Waals surface area contributed by atoms with E-state index in [1.54, 1.807) is 44.0 Å². The molecule has 0 radical (unpaired) electrons. The average Bonchev–Trinajstić information content (AvgIpc) is 3.33. The molecule has 0 aromatic carbocycles. The van der Waals surface area contributed by atoms with Crippen molar-refractivity contribution in [3.8, 4) is 12.1 Å². The summed E-state index contributed by atoms with van der Waals surface area (Å²) < 4.78 is 5.52. The summed E-state index contributed by atoms with van der Waals surface area (Å²) in [5, 5.41) is 21.8. The SMILES string of the molecule is CC(C)(C)OC(=O)N1C[C@@H](Nc2ncccc2C#N)C[C@H]1C(=O)N1CCCC1C#N. The highest BCUT2D eigenvalue weighted by Gasteiger charge is 2.45. The lowest BCUT2D eigenvalue weighted by atomic mass is 10.1. The van der Waals surface area contributed by atoms with Crippen LogP contribution >= 0.6 is 0 Å². The van der Waals surface area contributed by atoms with Crippen molar-refractivity contribution in [3.63, 3.8) is 0 Å². The molecule has 3 atom stereocenters. The minimum Gasteiger partial charge on any atom is -0.444 e. The van der Waals surface area contributed by atoms with Gasteiger partial charge in [-0.1, -0.05) is 0 Å². The van der Waals surface area contributed by atoms with Crippen molar-refractivity contribution >= 4 is 17.8 Å². The van der Waals surface area contributed by atoms with Crippen molar-refractivity contribution in [2.45, 2.75) is 63.8 Å². The van der Waals surface area contributed by atoms with Crippen LogP contribution < -0.4 is 5.32 Å². The number of hydrogen-bond acceptors (Lipinski definition) is 7. The molecular weight excluding hydrogens is 384 g/mol. The van der Waals surface area contributed by atoms with Gasteiger partial charge >= 0.3 is 6.09 Å². The zero-order valence-electron chi connectivity index (χ0n) is 17.5. The summed E-state index contributed by atoms with van der Waals surface area (Å²) >= 11 is 0. The molecule has 0 saturated carbocycles. The number of amides is 2. The number of pyridine rings is 1. The third-order valence-electron chi connectivity index (χ3n) is 5.17. The molecule has 0 spiro atoms. The van der Waals surface area contributed by atoms with Crippen LogP contribution in [-0.4, -0.2) is 63.6 Å². The number of likely N-dealkylation sites (tertiary alicyclic amines) is 2. The van der Waals surface area contributed by atoms with Gasteiger partial charge in [0, 0.05) is 25.3 Å². The van der Waals surface area contributed by atoms with Crippen molar-refractivity contribution in [1.29, 1.82) is 10.5 Å². The van der Waals surface area contributed by atoms with Gasteiger partial charge in [0.1, 0.15) is 29.6 Å². The number of nitrogens with zero attached hydrogens (tertiary/aromatic N) is 5. The fraction of sp³-hybridized carbons (Fsp3) is 0.571. The summed E-state index contributed by atoms with van der Waals surface area (Å²) in [6, 6.07) is 6.10. The largest absolute Gasteiger partial charge is 0.444 e. The Morgan fingerprint density at radius 2 is 2.07 bits per heavy atom. The van der Waals surface area contributed by atoms with E-state index >= 15 is 0 Å². The first-order valence-electron chi connectivity index (χ1n) is 10.0. The Balaban J connectivity index is 1.82. The second kappa shape index (κ2) is 8.58. The van der Waals surface area contributed by atoms with E-state index in [1.165, 1.54) is 4.90 Å². The minimum atomic E-state index is -0.736. The van der Waals surface area contributed by atoms with Crippen molar-refractivity contribution in [3.05, 3.63) is 23.9 Å². The first-order valence-corrected chi connectivity index (χ1v) is 10.0.